The molecule has 1 unspecified atom stereocenters. The van der Waals surface area contributed by atoms with E-state index in [2.05, 4.69) is 5.32 Å². The van der Waals surface area contributed by atoms with Crippen molar-refractivity contribution in [2.24, 2.45) is 17.6 Å². The Bertz CT molecular complexity index is 507. The van der Waals surface area contributed by atoms with Crippen LogP contribution in [0, 0.1) is 23.5 Å². The number of hydrogen-bond acceptors (Lipinski definition) is 2. The minimum atomic E-state index is -0.507. The van der Waals surface area contributed by atoms with Crippen molar-refractivity contribution in [3.63, 3.8) is 0 Å². The van der Waals surface area contributed by atoms with E-state index in [1.54, 1.807) is 0 Å². The number of rotatable bonds is 5. The van der Waals surface area contributed by atoms with Crippen LogP contribution in [0.15, 0.2) is 18.2 Å². The molecule has 0 bridgehead atoms. The van der Waals surface area contributed by atoms with Crippen molar-refractivity contribution < 1.29 is 13.6 Å². The van der Waals surface area contributed by atoms with Gasteiger partial charge in [0, 0.05) is 11.5 Å². The summed E-state index contributed by atoms with van der Waals surface area (Å²) < 4.78 is 27.1. The Labute approximate surface area is 123 Å². The highest BCUT2D eigenvalue weighted by molar-refractivity contribution is 5.79. The van der Waals surface area contributed by atoms with Crippen molar-refractivity contribution >= 4 is 5.91 Å². The SMILES string of the molecule is CCC(NC(=O)[C@@H]1CCC[C@@H]1CN)c1cc(F)ccc1F. The van der Waals surface area contributed by atoms with Crippen LogP contribution in [0.4, 0.5) is 8.78 Å². The highest BCUT2D eigenvalue weighted by atomic mass is 19.1. The second-order valence-corrected chi connectivity index (χ2v) is 5.67. The molecule has 1 aromatic rings. The average molecular weight is 296 g/mol. The first-order chi connectivity index (χ1) is 10.1. The summed E-state index contributed by atoms with van der Waals surface area (Å²) in [6, 6.07) is 2.82. The smallest absolute Gasteiger partial charge is 0.223 e. The molecule has 3 nitrogen and oxygen atoms in total. The molecule has 5 heteroatoms. The zero-order valence-corrected chi connectivity index (χ0v) is 12.2. The molecule has 21 heavy (non-hydrogen) atoms. The molecular weight excluding hydrogens is 274 g/mol. The molecule has 1 aliphatic carbocycles. The van der Waals surface area contributed by atoms with Crippen LogP contribution < -0.4 is 11.1 Å². The molecule has 0 heterocycles. The van der Waals surface area contributed by atoms with Crippen LogP contribution in [-0.2, 0) is 4.79 Å². The van der Waals surface area contributed by atoms with E-state index in [0.717, 1.165) is 37.5 Å². The van der Waals surface area contributed by atoms with E-state index >= 15 is 0 Å². The molecule has 1 saturated carbocycles. The molecule has 0 spiro atoms. The van der Waals surface area contributed by atoms with E-state index in [4.69, 9.17) is 5.73 Å². The van der Waals surface area contributed by atoms with Crippen LogP contribution in [0.2, 0.25) is 0 Å². The lowest BCUT2D eigenvalue weighted by atomic mass is 9.94. The lowest BCUT2D eigenvalue weighted by Crippen LogP contribution is -2.37. The number of nitrogens with two attached hydrogens (primary N) is 1. The number of carbonyl (C=O) groups is 1. The Hall–Kier alpha value is -1.49. The Morgan fingerprint density at radius 2 is 2.19 bits per heavy atom. The first-order valence-electron chi connectivity index (χ1n) is 7.52. The van der Waals surface area contributed by atoms with Gasteiger partial charge in [-0.3, -0.25) is 4.79 Å². The molecule has 0 radical (unpaired) electrons. The molecule has 3 atom stereocenters. The summed E-state index contributed by atoms with van der Waals surface area (Å²) in [5.41, 5.74) is 5.89. The number of hydrogen-bond donors (Lipinski definition) is 2. The molecule has 2 rings (SSSR count). The molecule has 0 aliphatic heterocycles. The van der Waals surface area contributed by atoms with E-state index in [1.807, 2.05) is 6.92 Å². The van der Waals surface area contributed by atoms with E-state index in [1.165, 1.54) is 0 Å². The van der Waals surface area contributed by atoms with E-state index in [0.29, 0.717) is 13.0 Å². The Morgan fingerprint density at radius 1 is 1.43 bits per heavy atom. The number of halogens is 2. The van der Waals surface area contributed by atoms with Crippen molar-refractivity contribution in [1.29, 1.82) is 0 Å². The molecule has 0 aromatic heterocycles. The normalized spacial score (nSPS) is 23.0. The summed E-state index contributed by atoms with van der Waals surface area (Å²) in [6.45, 7) is 2.33. The zero-order chi connectivity index (χ0) is 15.4. The lowest BCUT2D eigenvalue weighted by Gasteiger charge is -2.23. The van der Waals surface area contributed by atoms with E-state index in [-0.39, 0.29) is 23.3 Å². The fraction of sp³-hybridized carbons (Fsp3) is 0.562. The van der Waals surface area contributed by atoms with Gasteiger partial charge in [0.15, 0.2) is 0 Å². The Morgan fingerprint density at radius 3 is 2.86 bits per heavy atom. The molecule has 0 saturated heterocycles. The van der Waals surface area contributed by atoms with Gasteiger partial charge in [-0.2, -0.15) is 0 Å². The second kappa shape index (κ2) is 6.98. The highest BCUT2D eigenvalue weighted by Crippen LogP contribution is 2.32. The summed E-state index contributed by atoms with van der Waals surface area (Å²) in [5.74, 6) is -1.01. The fourth-order valence-corrected chi connectivity index (χ4v) is 3.12. The van der Waals surface area contributed by atoms with E-state index in [9.17, 15) is 13.6 Å². The van der Waals surface area contributed by atoms with Gasteiger partial charge in [-0.25, -0.2) is 8.78 Å². The van der Waals surface area contributed by atoms with Gasteiger partial charge in [-0.1, -0.05) is 13.3 Å². The summed E-state index contributed by atoms with van der Waals surface area (Å²) in [4.78, 5) is 12.4. The third kappa shape index (κ3) is 3.59. The van der Waals surface area contributed by atoms with Crippen molar-refractivity contribution in [2.45, 2.75) is 38.6 Å². The third-order valence-corrected chi connectivity index (χ3v) is 4.36. The topological polar surface area (TPSA) is 55.1 Å². The molecule has 3 N–H and O–H groups in total. The minimum Gasteiger partial charge on any atom is -0.349 e. The summed E-state index contributed by atoms with van der Waals surface area (Å²) >= 11 is 0. The van der Waals surface area contributed by atoms with Crippen LogP contribution >= 0.6 is 0 Å². The van der Waals surface area contributed by atoms with Crippen molar-refractivity contribution in [1.82, 2.24) is 5.32 Å². The molecule has 1 amide bonds. The standard InChI is InChI=1S/C16H22F2N2O/c1-2-15(13-8-11(17)6-7-14(13)18)20-16(21)12-5-3-4-10(12)9-19/h6-8,10,12,15H,2-5,9,19H2,1H3,(H,20,21)/t10-,12-,15?/m1/s1. The number of carbonyl (C=O) groups excluding carboxylic acids is 1. The van der Waals surface area contributed by atoms with Crippen molar-refractivity contribution in [3.8, 4) is 0 Å². The maximum atomic E-state index is 13.8. The van der Waals surface area contributed by atoms with Gasteiger partial charge >= 0.3 is 0 Å². The predicted octanol–water partition coefficient (Wildman–Crippen LogP) is 2.91. The molecule has 116 valence electrons. The maximum Gasteiger partial charge on any atom is 0.223 e. The number of amides is 1. The highest BCUT2D eigenvalue weighted by Gasteiger charge is 2.33. The van der Waals surface area contributed by atoms with Gasteiger partial charge in [0.2, 0.25) is 5.91 Å². The van der Waals surface area contributed by atoms with Gasteiger partial charge in [0.1, 0.15) is 11.6 Å². The lowest BCUT2D eigenvalue weighted by molar-refractivity contribution is -0.126. The number of benzene rings is 1. The molecule has 1 aliphatic rings. The summed E-state index contributed by atoms with van der Waals surface area (Å²) in [6.07, 6.45) is 3.27. The maximum absolute atomic E-state index is 13.8. The largest absolute Gasteiger partial charge is 0.349 e. The predicted molar refractivity (Wildman–Crippen MR) is 77.4 cm³/mol. The number of nitrogens with one attached hydrogen (secondary N) is 1. The van der Waals surface area contributed by atoms with Crippen LogP contribution in [-0.4, -0.2) is 12.5 Å². The quantitative estimate of drug-likeness (QED) is 0.878. The Kier molecular flexibility index (Phi) is 5.28. The van der Waals surface area contributed by atoms with Gasteiger partial charge in [0.25, 0.3) is 0 Å². The van der Waals surface area contributed by atoms with E-state index < -0.39 is 17.7 Å². The van der Waals surface area contributed by atoms with Crippen LogP contribution in [0.1, 0.15) is 44.2 Å². The third-order valence-electron chi connectivity index (χ3n) is 4.36. The summed E-state index contributed by atoms with van der Waals surface area (Å²) in [5, 5.41) is 2.86. The molecular formula is C16H22F2N2O. The van der Waals surface area contributed by atoms with Crippen LogP contribution in [0.3, 0.4) is 0 Å². The van der Waals surface area contributed by atoms with Crippen LogP contribution in [0.5, 0.6) is 0 Å². The second-order valence-electron chi connectivity index (χ2n) is 5.67. The molecule has 1 aromatic carbocycles. The Balaban J connectivity index is 2.11. The fourth-order valence-electron chi connectivity index (χ4n) is 3.12. The van der Waals surface area contributed by atoms with Crippen molar-refractivity contribution in [2.75, 3.05) is 6.54 Å². The van der Waals surface area contributed by atoms with Gasteiger partial charge in [-0.15, -0.1) is 0 Å². The van der Waals surface area contributed by atoms with Gasteiger partial charge in [-0.05, 0) is 49.9 Å². The van der Waals surface area contributed by atoms with Crippen LogP contribution in [0.25, 0.3) is 0 Å². The first kappa shape index (κ1) is 15.9. The van der Waals surface area contributed by atoms with Gasteiger partial charge in [0.05, 0.1) is 6.04 Å². The summed E-state index contributed by atoms with van der Waals surface area (Å²) in [7, 11) is 0. The monoisotopic (exact) mass is 296 g/mol. The minimum absolute atomic E-state index is 0.0986. The zero-order valence-electron chi connectivity index (χ0n) is 12.2. The first-order valence-corrected chi connectivity index (χ1v) is 7.52. The van der Waals surface area contributed by atoms with Gasteiger partial charge < -0.3 is 11.1 Å². The average Bonchev–Trinajstić information content (AvgIpc) is 2.96. The molecule has 1 fully saturated rings. The van der Waals surface area contributed by atoms with Crippen molar-refractivity contribution in [3.05, 3.63) is 35.4 Å².